The van der Waals surface area contributed by atoms with Gasteiger partial charge in [0.2, 0.25) is 15.9 Å². The highest BCUT2D eigenvalue weighted by Crippen LogP contribution is 2.32. The Morgan fingerprint density at radius 2 is 1.74 bits per heavy atom. The third kappa shape index (κ3) is 4.93. The van der Waals surface area contributed by atoms with Crippen LogP contribution in [-0.2, 0) is 21.4 Å². The van der Waals surface area contributed by atoms with Crippen LogP contribution in [-0.4, -0.2) is 49.8 Å². The summed E-state index contributed by atoms with van der Waals surface area (Å²) in [5, 5.41) is 0. The summed E-state index contributed by atoms with van der Waals surface area (Å²) in [6.07, 6.45) is 3.47. The van der Waals surface area contributed by atoms with E-state index in [9.17, 15) is 13.2 Å². The fraction of sp³-hybridized carbons (Fsp3) is 0.458. The molecule has 2 aromatic carbocycles. The minimum absolute atomic E-state index is 0.0812. The highest BCUT2D eigenvalue weighted by atomic mass is 32.2. The van der Waals surface area contributed by atoms with E-state index in [-0.39, 0.29) is 29.3 Å². The van der Waals surface area contributed by atoms with Crippen molar-refractivity contribution in [2.75, 3.05) is 20.2 Å². The lowest BCUT2D eigenvalue weighted by molar-refractivity contribution is -0.138. The highest BCUT2D eigenvalue weighted by molar-refractivity contribution is 7.89. The lowest BCUT2D eigenvalue weighted by Crippen LogP contribution is -2.47. The quantitative estimate of drug-likeness (QED) is 0.657. The molecule has 0 aromatic heterocycles. The molecule has 166 valence electrons. The van der Waals surface area contributed by atoms with Gasteiger partial charge in [-0.3, -0.25) is 4.79 Å². The molecule has 4 rings (SSSR count). The van der Waals surface area contributed by atoms with E-state index in [4.69, 9.17) is 4.74 Å². The van der Waals surface area contributed by atoms with Gasteiger partial charge in [0.1, 0.15) is 5.75 Å². The van der Waals surface area contributed by atoms with Crippen LogP contribution < -0.4 is 4.74 Å². The van der Waals surface area contributed by atoms with E-state index in [1.807, 2.05) is 11.8 Å². The number of ether oxygens (including phenoxy) is 1. The molecule has 0 N–H and O–H groups in total. The summed E-state index contributed by atoms with van der Waals surface area (Å²) in [4.78, 5) is 15.6. The first kappa shape index (κ1) is 21.8. The molecule has 1 aliphatic heterocycles. The van der Waals surface area contributed by atoms with Crippen LogP contribution in [0.3, 0.4) is 0 Å². The molecule has 1 amide bonds. The molecule has 2 aromatic rings. The van der Waals surface area contributed by atoms with E-state index < -0.39 is 10.0 Å². The third-order valence-corrected chi connectivity index (χ3v) is 8.05. The van der Waals surface area contributed by atoms with Gasteiger partial charge < -0.3 is 9.64 Å². The second-order valence-electron chi connectivity index (χ2n) is 8.56. The Balaban J connectivity index is 1.48. The molecule has 2 fully saturated rings. The van der Waals surface area contributed by atoms with Crippen molar-refractivity contribution in [3.05, 3.63) is 59.7 Å². The van der Waals surface area contributed by atoms with Gasteiger partial charge in [-0.2, -0.15) is 4.31 Å². The molecule has 0 bridgehead atoms. The van der Waals surface area contributed by atoms with Gasteiger partial charge in [0.15, 0.2) is 0 Å². The number of piperidine rings is 1. The molecular formula is C24H30N2O4S. The van der Waals surface area contributed by atoms with Crippen molar-refractivity contribution < 1.29 is 17.9 Å². The lowest BCUT2D eigenvalue weighted by atomic mass is 9.97. The first-order chi connectivity index (χ1) is 14.9. The molecule has 6 nitrogen and oxygen atoms in total. The highest BCUT2D eigenvalue weighted by Gasteiger charge is 2.39. The monoisotopic (exact) mass is 442 g/mol. The van der Waals surface area contributed by atoms with Crippen LogP contribution in [0, 0.1) is 12.8 Å². The molecule has 2 aliphatic rings. The molecule has 1 saturated carbocycles. The van der Waals surface area contributed by atoms with Gasteiger partial charge in [-0.1, -0.05) is 29.8 Å². The number of sulfonamides is 1. The number of amides is 1. The first-order valence-corrected chi connectivity index (χ1v) is 12.3. The maximum absolute atomic E-state index is 13.4. The zero-order valence-corrected chi connectivity index (χ0v) is 19.0. The topological polar surface area (TPSA) is 66.9 Å². The van der Waals surface area contributed by atoms with Crippen molar-refractivity contribution in [1.29, 1.82) is 0 Å². The standard InChI is InChI=1S/C24H30N2O4S/c1-18-5-7-19(8-6-18)16-26(21-9-10-21)24(27)20-4-3-15-25(17-20)31(28,29)23-13-11-22(30-2)12-14-23/h5-8,11-14,20-21H,3-4,9-10,15-17H2,1-2H3. The molecule has 1 saturated heterocycles. The summed E-state index contributed by atoms with van der Waals surface area (Å²) in [6.45, 7) is 3.32. The second kappa shape index (κ2) is 9.01. The van der Waals surface area contributed by atoms with Crippen LogP contribution in [0.1, 0.15) is 36.8 Å². The summed E-state index contributed by atoms with van der Waals surface area (Å²) >= 11 is 0. The van der Waals surface area contributed by atoms with Gasteiger partial charge in [0.25, 0.3) is 0 Å². The number of carbonyl (C=O) groups is 1. The van der Waals surface area contributed by atoms with Crippen molar-refractivity contribution in [1.82, 2.24) is 9.21 Å². The van der Waals surface area contributed by atoms with Gasteiger partial charge in [0.05, 0.1) is 17.9 Å². The number of rotatable bonds is 7. The maximum atomic E-state index is 13.4. The van der Waals surface area contributed by atoms with E-state index in [1.165, 1.54) is 9.87 Å². The molecule has 1 aliphatic carbocycles. The molecule has 1 atom stereocenters. The van der Waals surface area contributed by atoms with Crippen molar-refractivity contribution in [3.8, 4) is 5.75 Å². The minimum Gasteiger partial charge on any atom is -0.497 e. The van der Waals surface area contributed by atoms with Gasteiger partial charge in [-0.05, 0) is 62.4 Å². The Labute approximate surface area is 184 Å². The van der Waals surface area contributed by atoms with E-state index in [2.05, 4.69) is 24.3 Å². The van der Waals surface area contributed by atoms with Crippen LogP contribution in [0.15, 0.2) is 53.4 Å². The zero-order valence-electron chi connectivity index (χ0n) is 18.2. The number of aryl methyl sites for hydroxylation is 1. The smallest absolute Gasteiger partial charge is 0.243 e. The summed E-state index contributed by atoms with van der Waals surface area (Å²) in [5.74, 6) is 0.396. The second-order valence-corrected chi connectivity index (χ2v) is 10.5. The van der Waals surface area contributed by atoms with Gasteiger partial charge in [-0.25, -0.2) is 8.42 Å². The van der Waals surface area contributed by atoms with E-state index in [0.29, 0.717) is 25.3 Å². The Kier molecular flexibility index (Phi) is 6.34. The normalized spacial score (nSPS) is 19.7. The number of benzene rings is 2. The van der Waals surface area contributed by atoms with Gasteiger partial charge in [0, 0.05) is 25.7 Å². The van der Waals surface area contributed by atoms with Crippen molar-refractivity contribution in [2.24, 2.45) is 5.92 Å². The number of nitrogens with zero attached hydrogens (tertiary/aromatic N) is 2. The van der Waals surface area contributed by atoms with Crippen molar-refractivity contribution in [3.63, 3.8) is 0 Å². The Morgan fingerprint density at radius 1 is 1.06 bits per heavy atom. The third-order valence-electron chi connectivity index (χ3n) is 6.17. The Bertz CT molecular complexity index is 1010. The number of hydrogen-bond donors (Lipinski definition) is 0. The van der Waals surface area contributed by atoms with E-state index in [0.717, 1.165) is 24.8 Å². The molecule has 0 spiro atoms. The van der Waals surface area contributed by atoms with Crippen LogP contribution in [0.2, 0.25) is 0 Å². The predicted molar refractivity (Wildman–Crippen MR) is 119 cm³/mol. The largest absolute Gasteiger partial charge is 0.497 e. The molecule has 31 heavy (non-hydrogen) atoms. The average molecular weight is 443 g/mol. The lowest BCUT2D eigenvalue weighted by Gasteiger charge is -2.34. The number of carbonyl (C=O) groups excluding carboxylic acids is 1. The summed E-state index contributed by atoms with van der Waals surface area (Å²) in [5.41, 5.74) is 2.31. The Hall–Kier alpha value is -2.38. The average Bonchev–Trinajstić information content (AvgIpc) is 3.63. The summed E-state index contributed by atoms with van der Waals surface area (Å²) in [7, 11) is -2.09. The fourth-order valence-electron chi connectivity index (χ4n) is 4.16. The Morgan fingerprint density at radius 3 is 2.35 bits per heavy atom. The molecule has 1 unspecified atom stereocenters. The van der Waals surface area contributed by atoms with Crippen molar-refractivity contribution >= 4 is 15.9 Å². The summed E-state index contributed by atoms with van der Waals surface area (Å²) in [6, 6.07) is 15.0. The SMILES string of the molecule is COc1ccc(S(=O)(=O)N2CCCC(C(=O)N(Cc3ccc(C)cc3)C3CC3)C2)cc1. The molecular weight excluding hydrogens is 412 g/mol. The minimum atomic E-state index is -3.64. The maximum Gasteiger partial charge on any atom is 0.243 e. The predicted octanol–water partition coefficient (Wildman–Crippen LogP) is 3.60. The van der Waals surface area contributed by atoms with Crippen molar-refractivity contribution in [2.45, 2.75) is 50.1 Å². The molecule has 7 heteroatoms. The van der Waals surface area contributed by atoms with Crippen LogP contribution in [0.4, 0.5) is 0 Å². The fourth-order valence-corrected chi connectivity index (χ4v) is 5.68. The number of methoxy groups -OCH3 is 1. The number of hydrogen-bond acceptors (Lipinski definition) is 4. The molecule has 1 heterocycles. The van der Waals surface area contributed by atoms with E-state index >= 15 is 0 Å². The van der Waals surface area contributed by atoms with Crippen LogP contribution in [0.5, 0.6) is 5.75 Å². The first-order valence-electron chi connectivity index (χ1n) is 10.9. The van der Waals surface area contributed by atoms with Gasteiger partial charge in [-0.15, -0.1) is 0 Å². The molecule has 0 radical (unpaired) electrons. The van der Waals surface area contributed by atoms with E-state index in [1.54, 1.807) is 31.4 Å². The van der Waals surface area contributed by atoms with Crippen LogP contribution >= 0.6 is 0 Å². The van der Waals surface area contributed by atoms with Crippen LogP contribution in [0.25, 0.3) is 0 Å². The zero-order chi connectivity index (χ0) is 22.0. The van der Waals surface area contributed by atoms with Gasteiger partial charge >= 0.3 is 0 Å². The summed E-state index contributed by atoms with van der Waals surface area (Å²) < 4.78 is 32.9.